The van der Waals surface area contributed by atoms with E-state index in [1.807, 2.05) is 36.4 Å². The van der Waals surface area contributed by atoms with Crippen molar-refractivity contribution in [3.63, 3.8) is 0 Å². The summed E-state index contributed by atoms with van der Waals surface area (Å²) in [4.78, 5) is 0. The van der Waals surface area contributed by atoms with E-state index in [0.717, 1.165) is 12.2 Å². The molecule has 1 heterocycles. The third kappa shape index (κ3) is 6.05. The molecule has 3 rings (SSSR count). The standard InChI is InChI=1S/C19H19N3OS.ClH/c20-17(14-16-10-5-2-6-11-16)18-21-22-19(23-18)24-13-7-12-15-8-3-1-4-9-15;/h1-12,17H,13-14,20H2;1H/t17-;/m0./s1. The Labute approximate surface area is 157 Å². The number of benzene rings is 2. The van der Waals surface area contributed by atoms with Gasteiger partial charge in [-0.05, 0) is 11.1 Å². The normalized spacial score (nSPS) is 12.0. The molecule has 4 nitrogen and oxygen atoms in total. The van der Waals surface area contributed by atoms with Crippen molar-refractivity contribution in [3.8, 4) is 0 Å². The van der Waals surface area contributed by atoms with Gasteiger partial charge in [-0.2, -0.15) is 0 Å². The summed E-state index contributed by atoms with van der Waals surface area (Å²) in [5.41, 5.74) is 6.54. The fourth-order valence-corrected chi connectivity index (χ4v) is 2.88. The number of quaternary nitrogens is 1. The van der Waals surface area contributed by atoms with Crippen LogP contribution in [-0.4, -0.2) is 16.0 Å². The molecule has 0 radical (unpaired) electrons. The van der Waals surface area contributed by atoms with Crippen molar-refractivity contribution < 1.29 is 22.6 Å². The summed E-state index contributed by atoms with van der Waals surface area (Å²) in [5.74, 6) is 1.38. The van der Waals surface area contributed by atoms with Crippen LogP contribution in [0, 0.1) is 0 Å². The molecule has 3 N–H and O–H groups in total. The van der Waals surface area contributed by atoms with Crippen LogP contribution in [0.25, 0.3) is 6.08 Å². The molecule has 0 unspecified atom stereocenters. The first-order valence-corrected chi connectivity index (χ1v) is 8.84. The van der Waals surface area contributed by atoms with E-state index in [4.69, 9.17) is 4.42 Å². The zero-order valence-electron chi connectivity index (χ0n) is 13.7. The van der Waals surface area contributed by atoms with Gasteiger partial charge in [0.25, 0.3) is 11.1 Å². The van der Waals surface area contributed by atoms with Crippen molar-refractivity contribution in [3.05, 3.63) is 83.8 Å². The minimum Gasteiger partial charge on any atom is -1.00 e. The predicted octanol–water partition coefficient (Wildman–Crippen LogP) is 0.405. The molecule has 0 amide bonds. The summed E-state index contributed by atoms with van der Waals surface area (Å²) in [6.45, 7) is 0. The molecule has 0 saturated carbocycles. The lowest BCUT2D eigenvalue weighted by molar-refractivity contribution is -0.431. The summed E-state index contributed by atoms with van der Waals surface area (Å²) >= 11 is 1.53. The Balaban J connectivity index is 0.00000225. The molecular weight excluding hydrogens is 354 g/mol. The van der Waals surface area contributed by atoms with Crippen molar-refractivity contribution >= 4 is 17.8 Å². The second kappa shape index (κ2) is 10.0. The van der Waals surface area contributed by atoms with Crippen LogP contribution in [0.4, 0.5) is 0 Å². The molecular formula is C19H20ClN3OS. The molecule has 0 bridgehead atoms. The Kier molecular flexibility index (Phi) is 7.73. The van der Waals surface area contributed by atoms with E-state index in [1.165, 1.54) is 22.9 Å². The summed E-state index contributed by atoms with van der Waals surface area (Å²) in [5, 5.41) is 8.81. The van der Waals surface area contributed by atoms with Gasteiger partial charge in [0, 0.05) is 12.2 Å². The van der Waals surface area contributed by atoms with E-state index in [9.17, 15) is 0 Å². The van der Waals surface area contributed by atoms with Crippen molar-refractivity contribution in [2.24, 2.45) is 0 Å². The zero-order chi connectivity index (χ0) is 16.6. The van der Waals surface area contributed by atoms with E-state index in [2.05, 4.69) is 52.3 Å². The quantitative estimate of drug-likeness (QED) is 0.609. The van der Waals surface area contributed by atoms with E-state index in [0.29, 0.717) is 11.1 Å². The van der Waals surface area contributed by atoms with E-state index < -0.39 is 0 Å². The maximum Gasteiger partial charge on any atom is 0.277 e. The summed E-state index contributed by atoms with van der Waals surface area (Å²) in [7, 11) is 0. The van der Waals surface area contributed by atoms with Crippen LogP contribution in [0.3, 0.4) is 0 Å². The van der Waals surface area contributed by atoms with Crippen LogP contribution in [0.1, 0.15) is 23.1 Å². The average molecular weight is 374 g/mol. The predicted molar refractivity (Wildman–Crippen MR) is 96.3 cm³/mol. The number of hydrogen-bond acceptors (Lipinski definition) is 4. The number of aromatic nitrogens is 2. The van der Waals surface area contributed by atoms with Crippen LogP contribution in [0.15, 0.2) is 76.4 Å². The Hall–Kier alpha value is -2.08. The Bertz CT molecular complexity index is 778. The second-order valence-corrected chi connectivity index (χ2v) is 6.39. The van der Waals surface area contributed by atoms with Crippen molar-refractivity contribution in [1.29, 1.82) is 0 Å². The van der Waals surface area contributed by atoms with Gasteiger partial charge in [0.1, 0.15) is 0 Å². The Morgan fingerprint density at radius 1 is 1.00 bits per heavy atom. The lowest BCUT2D eigenvalue weighted by Crippen LogP contribution is -3.00. The lowest BCUT2D eigenvalue weighted by Gasteiger charge is -2.03. The van der Waals surface area contributed by atoms with Crippen LogP contribution in [0.5, 0.6) is 0 Å². The van der Waals surface area contributed by atoms with Gasteiger partial charge in [0.05, 0.1) is 0 Å². The zero-order valence-corrected chi connectivity index (χ0v) is 15.3. The lowest BCUT2D eigenvalue weighted by atomic mass is 10.1. The second-order valence-electron chi connectivity index (χ2n) is 5.42. The highest BCUT2D eigenvalue weighted by Crippen LogP contribution is 2.20. The fourth-order valence-electron chi connectivity index (χ4n) is 2.30. The van der Waals surface area contributed by atoms with Gasteiger partial charge in [0.15, 0.2) is 6.04 Å². The molecule has 2 aromatic carbocycles. The molecule has 1 aromatic heterocycles. The van der Waals surface area contributed by atoms with Gasteiger partial charge >= 0.3 is 0 Å². The fraction of sp³-hybridized carbons (Fsp3) is 0.158. The number of thioether (sulfide) groups is 1. The van der Waals surface area contributed by atoms with Crippen LogP contribution in [-0.2, 0) is 6.42 Å². The van der Waals surface area contributed by atoms with E-state index >= 15 is 0 Å². The minimum atomic E-state index is -0.0332. The summed E-state index contributed by atoms with van der Waals surface area (Å²) < 4.78 is 5.71. The number of rotatable bonds is 7. The SMILES string of the molecule is [Cl-].[NH3+][C@@H](Cc1ccccc1)c1nnc(SCC=Cc2ccccc2)o1. The first kappa shape index (κ1) is 19.2. The van der Waals surface area contributed by atoms with E-state index in [1.54, 1.807) is 0 Å². The molecule has 25 heavy (non-hydrogen) atoms. The Morgan fingerprint density at radius 3 is 2.40 bits per heavy atom. The highest BCUT2D eigenvalue weighted by molar-refractivity contribution is 7.99. The molecule has 1 atom stereocenters. The highest BCUT2D eigenvalue weighted by Gasteiger charge is 2.18. The average Bonchev–Trinajstić information content (AvgIpc) is 3.10. The smallest absolute Gasteiger partial charge is 0.277 e. The third-order valence-electron chi connectivity index (χ3n) is 3.51. The first-order chi connectivity index (χ1) is 11.8. The molecule has 0 aliphatic rings. The number of nitrogens with zero attached hydrogens (tertiary/aromatic N) is 2. The molecule has 0 spiro atoms. The van der Waals surface area contributed by atoms with Crippen LogP contribution < -0.4 is 18.1 Å². The van der Waals surface area contributed by atoms with Crippen molar-refractivity contribution in [2.75, 3.05) is 5.75 Å². The molecule has 130 valence electrons. The summed E-state index contributed by atoms with van der Waals surface area (Å²) in [6.07, 6.45) is 4.97. The molecule has 0 aliphatic carbocycles. The summed E-state index contributed by atoms with van der Waals surface area (Å²) in [6, 6.07) is 20.4. The maximum atomic E-state index is 5.71. The first-order valence-electron chi connectivity index (χ1n) is 7.86. The van der Waals surface area contributed by atoms with Crippen LogP contribution >= 0.6 is 11.8 Å². The van der Waals surface area contributed by atoms with Crippen molar-refractivity contribution in [2.45, 2.75) is 17.7 Å². The van der Waals surface area contributed by atoms with Crippen LogP contribution in [0.2, 0.25) is 0 Å². The topological polar surface area (TPSA) is 66.6 Å². The van der Waals surface area contributed by atoms with Gasteiger partial charge in [-0.1, -0.05) is 84.6 Å². The number of halogens is 1. The molecule has 6 heteroatoms. The molecule has 3 aromatic rings. The van der Waals surface area contributed by atoms with Gasteiger partial charge in [-0.15, -0.1) is 10.2 Å². The van der Waals surface area contributed by atoms with Gasteiger partial charge in [-0.3, -0.25) is 0 Å². The maximum absolute atomic E-state index is 5.71. The molecule has 0 fully saturated rings. The van der Waals surface area contributed by atoms with Crippen molar-refractivity contribution in [1.82, 2.24) is 10.2 Å². The largest absolute Gasteiger partial charge is 1.00 e. The monoisotopic (exact) mass is 373 g/mol. The molecule has 0 aliphatic heterocycles. The Morgan fingerprint density at radius 2 is 1.68 bits per heavy atom. The number of hydrogen-bond donors (Lipinski definition) is 1. The highest BCUT2D eigenvalue weighted by atomic mass is 35.5. The van der Waals surface area contributed by atoms with E-state index in [-0.39, 0.29) is 18.4 Å². The molecule has 0 saturated heterocycles. The minimum absolute atomic E-state index is 0. The third-order valence-corrected chi connectivity index (χ3v) is 4.28. The van der Waals surface area contributed by atoms with Gasteiger partial charge in [0.2, 0.25) is 0 Å². The van der Waals surface area contributed by atoms with Gasteiger partial charge in [-0.25, -0.2) is 0 Å². The van der Waals surface area contributed by atoms with Gasteiger partial charge < -0.3 is 22.6 Å².